The standard InChI is InChI=1S/C15H19N3O2/c1-4-8-20-13-7-5-6-12(9-13)15(19)16-14-10(2)11(3)17-18-14/h5-7,9H,4,8H2,1-3H3,(H2,16,17,18,19). The van der Waals surface area contributed by atoms with E-state index in [0.717, 1.165) is 17.7 Å². The molecule has 1 amide bonds. The van der Waals surface area contributed by atoms with Gasteiger partial charge in [-0.05, 0) is 38.5 Å². The maximum absolute atomic E-state index is 12.2. The second kappa shape index (κ2) is 6.23. The first-order chi connectivity index (χ1) is 9.61. The Morgan fingerprint density at radius 2 is 2.20 bits per heavy atom. The number of hydrogen-bond donors (Lipinski definition) is 2. The summed E-state index contributed by atoms with van der Waals surface area (Å²) in [6, 6.07) is 7.14. The van der Waals surface area contributed by atoms with Crippen molar-refractivity contribution in [1.82, 2.24) is 10.2 Å². The first-order valence-corrected chi connectivity index (χ1v) is 6.67. The van der Waals surface area contributed by atoms with E-state index in [4.69, 9.17) is 4.74 Å². The van der Waals surface area contributed by atoms with Crippen molar-refractivity contribution in [1.29, 1.82) is 0 Å². The number of anilines is 1. The number of nitrogens with one attached hydrogen (secondary N) is 2. The summed E-state index contributed by atoms with van der Waals surface area (Å²) < 4.78 is 5.52. The predicted molar refractivity (Wildman–Crippen MR) is 78.2 cm³/mol. The van der Waals surface area contributed by atoms with E-state index in [9.17, 15) is 4.79 Å². The van der Waals surface area contributed by atoms with E-state index >= 15 is 0 Å². The van der Waals surface area contributed by atoms with Crippen LogP contribution in [0, 0.1) is 13.8 Å². The van der Waals surface area contributed by atoms with Crippen LogP contribution in [-0.4, -0.2) is 22.7 Å². The summed E-state index contributed by atoms with van der Waals surface area (Å²) in [7, 11) is 0. The van der Waals surface area contributed by atoms with Crippen molar-refractivity contribution in [3.8, 4) is 5.75 Å². The van der Waals surface area contributed by atoms with Crippen LogP contribution in [0.1, 0.15) is 35.0 Å². The Morgan fingerprint density at radius 1 is 1.40 bits per heavy atom. The van der Waals surface area contributed by atoms with E-state index in [1.54, 1.807) is 12.1 Å². The van der Waals surface area contributed by atoms with Crippen LogP contribution in [0.3, 0.4) is 0 Å². The summed E-state index contributed by atoms with van der Waals surface area (Å²) >= 11 is 0. The monoisotopic (exact) mass is 273 g/mol. The lowest BCUT2D eigenvalue weighted by Crippen LogP contribution is -2.13. The van der Waals surface area contributed by atoms with Gasteiger partial charge in [0.2, 0.25) is 0 Å². The van der Waals surface area contributed by atoms with Gasteiger partial charge in [-0.25, -0.2) is 0 Å². The molecule has 2 rings (SSSR count). The lowest BCUT2D eigenvalue weighted by molar-refractivity contribution is 0.102. The van der Waals surface area contributed by atoms with Gasteiger partial charge >= 0.3 is 0 Å². The van der Waals surface area contributed by atoms with Crippen molar-refractivity contribution >= 4 is 11.7 Å². The second-order valence-electron chi connectivity index (χ2n) is 4.65. The molecular formula is C15H19N3O2. The Labute approximate surface area is 118 Å². The number of amides is 1. The van der Waals surface area contributed by atoms with Crippen LogP contribution in [0.15, 0.2) is 24.3 Å². The minimum Gasteiger partial charge on any atom is -0.494 e. The van der Waals surface area contributed by atoms with E-state index in [1.165, 1.54) is 0 Å². The van der Waals surface area contributed by atoms with Gasteiger partial charge in [-0.2, -0.15) is 5.10 Å². The number of carbonyl (C=O) groups is 1. The van der Waals surface area contributed by atoms with Crippen LogP contribution in [0.5, 0.6) is 5.75 Å². The number of benzene rings is 1. The fourth-order valence-corrected chi connectivity index (χ4v) is 1.73. The fraction of sp³-hybridized carbons (Fsp3) is 0.333. The van der Waals surface area contributed by atoms with Crippen molar-refractivity contribution in [2.75, 3.05) is 11.9 Å². The minimum atomic E-state index is -0.193. The van der Waals surface area contributed by atoms with Crippen molar-refractivity contribution in [3.63, 3.8) is 0 Å². The highest BCUT2D eigenvalue weighted by molar-refractivity contribution is 6.04. The van der Waals surface area contributed by atoms with Gasteiger partial charge in [0.1, 0.15) is 5.75 Å². The number of hydrogen-bond acceptors (Lipinski definition) is 3. The maximum atomic E-state index is 12.2. The molecule has 1 heterocycles. The summed E-state index contributed by atoms with van der Waals surface area (Å²) in [6.45, 7) is 6.51. The lowest BCUT2D eigenvalue weighted by atomic mass is 10.2. The highest BCUT2D eigenvalue weighted by Gasteiger charge is 2.11. The van der Waals surface area contributed by atoms with Crippen molar-refractivity contribution in [3.05, 3.63) is 41.1 Å². The van der Waals surface area contributed by atoms with Crippen LogP contribution in [0.2, 0.25) is 0 Å². The molecule has 1 aromatic heterocycles. The largest absolute Gasteiger partial charge is 0.494 e. The quantitative estimate of drug-likeness (QED) is 0.879. The van der Waals surface area contributed by atoms with E-state index in [0.29, 0.717) is 23.7 Å². The molecule has 2 aromatic rings. The van der Waals surface area contributed by atoms with E-state index in [-0.39, 0.29) is 5.91 Å². The van der Waals surface area contributed by atoms with E-state index in [2.05, 4.69) is 15.5 Å². The number of aromatic amines is 1. The van der Waals surface area contributed by atoms with Crippen LogP contribution >= 0.6 is 0 Å². The molecule has 5 heteroatoms. The summed E-state index contributed by atoms with van der Waals surface area (Å²) in [5.41, 5.74) is 2.44. The van der Waals surface area contributed by atoms with Gasteiger partial charge in [-0.1, -0.05) is 13.0 Å². The number of aromatic nitrogens is 2. The fourth-order valence-electron chi connectivity index (χ4n) is 1.73. The number of rotatable bonds is 5. The number of H-pyrrole nitrogens is 1. The zero-order chi connectivity index (χ0) is 14.5. The summed E-state index contributed by atoms with van der Waals surface area (Å²) in [4.78, 5) is 12.2. The van der Waals surface area contributed by atoms with E-state index in [1.807, 2.05) is 32.9 Å². The molecule has 0 aliphatic carbocycles. The van der Waals surface area contributed by atoms with Gasteiger partial charge < -0.3 is 10.1 Å². The number of nitrogens with zero attached hydrogens (tertiary/aromatic N) is 1. The molecule has 2 N–H and O–H groups in total. The Balaban J connectivity index is 2.11. The van der Waals surface area contributed by atoms with Gasteiger partial charge in [-0.3, -0.25) is 9.89 Å². The second-order valence-corrected chi connectivity index (χ2v) is 4.65. The zero-order valence-corrected chi connectivity index (χ0v) is 12.0. The van der Waals surface area contributed by atoms with Crippen LogP contribution < -0.4 is 10.1 Å². The molecule has 0 atom stereocenters. The third kappa shape index (κ3) is 3.17. The topological polar surface area (TPSA) is 67.0 Å². The third-order valence-electron chi connectivity index (χ3n) is 3.05. The average molecular weight is 273 g/mol. The molecule has 1 aromatic carbocycles. The Morgan fingerprint density at radius 3 is 2.85 bits per heavy atom. The van der Waals surface area contributed by atoms with Gasteiger partial charge in [0.05, 0.1) is 6.61 Å². The predicted octanol–water partition coefficient (Wildman–Crippen LogP) is 3.07. The van der Waals surface area contributed by atoms with Crippen LogP contribution in [0.25, 0.3) is 0 Å². The first-order valence-electron chi connectivity index (χ1n) is 6.67. The molecule has 0 saturated heterocycles. The van der Waals surface area contributed by atoms with Gasteiger partial charge in [0, 0.05) is 16.8 Å². The minimum absolute atomic E-state index is 0.193. The SMILES string of the molecule is CCCOc1cccc(C(=O)Nc2n[nH]c(C)c2C)c1. The molecule has 0 unspecified atom stereocenters. The van der Waals surface area contributed by atoms with Crippen molar-refractivity contribution in [2.45, 2.75) is 27.2 Å². The van der Waals surface area contributed by atoms with E-state index < -0.39 is 0 Å². The first kappa shape index (κ1) is 14.1. The maximum Gasteiger partial charge on any atom is 0.257 e. The molecule has 20 heavy (non-hydrogen) atoms. The number of carbonyl (C=O) groups excluding carboxylic acids is 1. The zero-order valence-electron chi connectivity index (χ0n) is 12.0. The molecule has 0 aliphatic heterocycles. The van der Waals surface area contributed by atoms with Crippen molar-refractivity contribution in [2.24, 2.45) is 0 Å². The van der Waals surface area contributed by atoms with Gasteiger partial charge in [0.15, 0.2) is 5.82 Å². The summed E-state index contributed by atoms with van der Waals surface area (Å²) in [6.07, 6.45) is 0.933. The Hall–Kier alpha value is -2.30. The van der Waals surface area contributed by atoms with Gasteiger partial charge in [-0.15, -0.1) is 0 Å². The van der Waals surface area contributed by atoms with Crippen molar-refractivity contribution < 1.29 is 9.53 Å². The molecule has 0 fully saturated rings. The summed E-state index contributed by atoms with van der Waals surface area (Å²) in [5.74, 6) is 1.07. The number of ether oxygens (including phenoxy) is 1. The highest BCUT2D eigenvalue weighted by Crippen LogP contribution is 2.17. The molecule has 0 spiro atoms. The molecule has 0 saturated carbocycles. The average Bonchev–Trinajstić information content (AvgIpc) is 2.77. The number of aryl methyl sites for hydroxylation is 1. The highest BCUT2D eigenvalue weighted by atomic mass is 16.5. The molecule has 0 aliphatic rings. The molecule has 5 nitrogen and oxygen atoms in total. The molecular weight excluding hydrogens is 254 g/mol. The lowest BCUT2D eigenvalue weighted by Gasteiger charge is -2.07. The van der Waals surface area contributed by atoms with Crippen LogP contribution in [-0.2, 0) is 0 Å². The molecule has 106 valence electrons. The molecule has 0 radical (unpaired) electrons. The summed E-state index contributed by atoms with van der Waals surface area (Å²) in [5, 5.41) is 9.70. The van der Waals surface area contributed by atoms with Crippen LogP contribution in [0.4, 0.5) is 5.82 Å². The van der Waals surface area contributed by atoms with Gasteiger partial charge in [0.25, 0.3) is 5.91 Å². The Kier molecular flexibility index (Phi) is 4.40. The molecule has 0 bridgehead atoms. The smallest absolute Gasteiger partial charge is 0.257 e. The normalized spacial score (nSPS) is 10.3. The Bertz CT molecular complexity index is 605. The third-order valence-corrected chi connectivity index (χ3v) is 3.05.